The maximum absolute atomic E-state index is 4.12. The van der Waals surface area contributed by atoms with E-state index in [1.807, 2.05) is 5.01 Å². The summed E-state index contributed by atoms with van der Waals surface area (Å²) in [5, 5.41) is 9.21. The van der Waals surface area contributed by atoms with Crippen molar-refractivity contribution in [2.45, 2.75) is 6.42 Å². The molecule has 0 aromatic carbocycles. The molecule has 9 heavy (non-hydrogen) atoms. The van der Waals surface area contributed by atoms with Gasteiger partial charge in [0.2, 0.25) is 0 Å². The first kappa shape index (κ1) is 4.85. The Hall–Kier alpha value is -0.990. The second-order valence-corrected chi connectivity index (χ2v) is 2.23. The summed E-state index contributed by atoms with van der Waals surface area (Å²) in [7, 11) is 0. The van der Waals surface area contributed by atoms with Crippen LogP contribution >= 0.6 is 0 Å². The van der Waals surface area contributed by atoms with Crippen LogP contribution in [-0.2, 0) is 0 Å². The maximum Gasteiger partial charge on any atom is 0.109 e. The summed E-state index contributed by atoms with van der Waals surface area (Å²) in [5.74, 6) is 0. The van der Waals surface area contributed by atoms with E-state index in [9.17, 15) is 0 Å². The summed E-state index contributed by atoms with van der Waals surface area (Å²) in [6, 6.07) is 0. The maximum atomic E-state index is 4.12. The highest BCUT2D eigenvalue weighted by atomic mass is 15.5. The van der Waals surface area contributed by atoms with E-state index in [0.717, 1.165) is 19.5 Å². The van der Waals surface area contributed by atoms with Gasteiger partial charge in [-0.25, -0.2) is 0 Å². The molecule has 0 saturated heterocycles. The zero-order chi connectivity index (χ0) is 6.10. The van der Waals surface area contributed by atoms with Gasteiger partial charge in [0.15, 0.2) is 0 Å². The molecule has 0 saturated carbocycles. The van der Waals surface area contributed by atoms with Crippen molar-refractivity contribution in [3.63, 3.8) is 0 Å². The minimum absolute atomic E-state index is 0.948. The van der Waals surface area contributed by atoms with Crippen LogP contribution in [0.2, 0.25) is 0 Å². The van der Waals surface area contributed by atoms with Crippen LogP contribution in [0.3, 0.4) is 0 Å². The highest BCUT2D eigenvalue weighted by Gasteiger charge is 2.14. The van der Waals surface area contributed by atoms with E-state index in [0.29, 0.717) is 0 Å². The standard InChI is InChI=1S/C6H9N3/c1-2-6-4-7-5-8-9(6)3-1/h2,5H,1,3-4H2,(H,7,8). The van der Waals surface area contributed by atoms with Crippen molar-refractivity contribution in [1.82, 2.24) is 10.3 Å². The summed E-state index contributed by atoms with van der Waals surface area (Å²) >= 11 is 0. The van der Waals surface area contributed by atoms with Crippen LogP contribution in [0, 0.1) is 0 Å². The van der Waals surface area contributed by atoms with Crippen LogP contribution in [0.4, 0.5) is 0 Å². The van der Waals surface area contributed by atoms with Gasteiger partial charge in [-0.15, -0.1) is 0 Å². The van der Waals surface area contributed by atoms with Crippen molar-refractivity contribution < 1.29 is 0 Å². The molecule has 0 aromatic rings. The Labute approximate surface area is 54.0 Å². The minimum Gasteiger partial charge on any atom is -0.369 e. The first-order chi connectivity index (χ1) is 4.47. The molecule has 3 heteroatoms. The van der Waals surface area contributed by atoms with Gasteiger partial charge in [-0.1, -0.05) is 6.08 Å². The largest absolute Gasteiger partial charge is 0.369 e. The zero-order valence-electron chi connectivity index (χ0n) is 5.17. The molecule has 2 rings (SSSR count). The average Bonchev–Trinajstić information content (AvgIpc) is 2.33. The summed E-state index contributed by atoms with van der Waals surface area (Å²) in [6.07, 6.45) is 5.13. The molecule has 0 amide bonds. The Balaban J connectivity index is 2.23. The second kappa shape index (κ2) is 1.76. The quantitative estimate of drug-likeness (QED) is 0.495. The van der Waals surface area contributed by atoms with E-state index in [4.69, 9.17) is 0 Å². The lowest BCUT2D eigenvalue weighted by Crippen LogP contribution is -2.29. The lowest BCUT2D eigenvalue weighted by Gasteiger charge is -2.19. The first-order valence-electron chi connectivity index (χ1n) is 3.19. The fourth-order valence-corrected chi connectivity index (χ4v) is 1.16. The Morgan fingerprint density at radius 3 is 3.56 bits per heavy atom. The van der Waals surface area contributed by atoms with Crippen molar-refractivity contribution in [2.24, 2.45) is 5.10 Å². The number of nitrogens with zero attached hydrogens (tertiary/aromatic N) is 2. The zero-order valence-corrected chi connectivity index (χ0v) is 5.17. The molecule has 0 aromatic heterocycles. The van der Waals surface area contributed by atoms with Crippen LogP contribution in [0.15, 0.2) is 16.9 Å². The third kappa shape index (κ3) is 0.686. The highest BCUT2D eigenvalue weighted by Crippen LogP contribution is 2.14. The van der Waals surface area contributed by atoms with E-state index in [1.54, 1.807) is 6.34 Å². The molecule has 0 radical (unpaired) electrons. The van der Waals surface area contributed by atoms with Crippen molar-refractivity contribution in [2.75, 3.05) is 13.1 Å². The molecule has 0 fully saturated rings. The number of hydrogen-bond donors (Lipinski definition) is 1. The topological polar surface area (TPSA) is 27.6 Å². The average molecular weight is 123 g/mol. The molecule has 1 N–H and O–H groups in total. The predicted molar refractivity (Wildman–Crippen MR) is 35.9 cm³/mol. The fraction of sp³-hybridized carbons (Fsp3) is 0.500. The van der Waals surface area contributed by atoms with Crippen LogP contribution in [0.25, 0.3) is 0 Å². The normalized spacial score (nSPS) is 23.1. The Morgan fingerprint density at radius 1 is 1.67 bits per heavy atom. The van der Waals surface area contributed by atoms with Gasteiger partial charge in [0.05, 0.1) is 12.2 Å². The van der Waals surface area contributed by atoms with Crippen LogP contribution in [0.5, 0.6) is 0 Å². The molecule has 2 aliphatic heterocycles. The predicted octanol–water partition coefficient (Wildman–Crippen LogP) is 0.123. The van der Waals surface area contributed by atoms with E-state index in [2.05, 4.69) is 16.5 Å². The van der Waals surface area contributed by atoms with Crippen molar-refractivity contribution in [3.8, 4) is 0 Å². The lowest BCUT2D eigenvalue weighted by molar-refractivity contribution is 0.380. The van der Waals surface area contributed by atoms with Gasteiger partial charge in [0.25, 0.3) is 0 Å². The molecular formula is C6H9N3. The number of rotatable bonds is 0. The molecule has 0 spiro atoms. The summed E-state index contributed by atoms with van der Waals surface area (Å²) < 4.78 is 0. The highest BCUT2D eigenvalue weighted by molar-refractivity contribution is 5.56. The van der Waals surface area contributed by atoms with Gasteiger partial charge in [0, 0.05) is 6.54 Å². The van der Waals surface area contributed by atoms with Crippen LogP contribution in [0.1, 0.15) is 6.42 Å². The van der Waals surface area contributed by atoms with E-state index in [-0.39, 0.29) is 0 Å². The molecule has 3 nitrogen and oxygen atoms in total. The summed E-state index contributed by atoms with van der Waals surface area (Å²) in [5.41, 5.74) is 1.32. The molecule has 0 bridgehead atoms. The Kier molecular flexibility index (Phi) is 0.946. The smallest absolute Gasteiger partial charge is 0.109 e. The third-order valence-corrected chi connectivity index (χ3v) is 1.62. The number of hydrazone groups is 1. The first-order valence-corrected chi connectivity index (χ1v) is 3.19. The lowest BCUT2D eigenvalue weighted by atomic mass is 10.4. The molecule has 0 unspecified atom stereocenters. The van der Waals surface area contributed by atoms with Crippen molar-refractivity contribution in [1.29, 1.82) is 0 Å². The van der Waals surface area contributed by atoms with Gasteiger partial charge < -0.3 is 5.32 Å². The summed E-state index contributed by atoms with van der Waals surface area (Å²) in [6.45, 7) is 2.01. The van der Waals surface area contributed by atoms with E-state index in [1.165, 1.54) is 5.70 Å². The van der Waals surface area contributed by atoms with Crippen molar-refractivity contribution in [3.05, 3.63) is 11.8 Å². The number of hydrogen-bond acceptors (Lipinski definition) is 3. The second-order valence-electron chi connectivity index (χ2n) is 2.23. The summed E-state index contributed by atoms with van der Waals surface area (Å²) in [4.78, 5) is 0. The third-order valence-electron chi connectivity index (χ3n) is 1.62. The van der Waals surface area contributed by atoms with Gasteiger partial charge in [-0.3, -0.25) is 5.01 Å². The number of fused-ring (bicyclic) bond motifs is 1. The van der Waals surface area contributed by atoms with E-state index < -0.39 is 0 Å². The van der Waals surface area contributed by atoms with Crippen molar-refractivity contribution >= 4 is 6.34 Å². The fourth-order valence-electron chi connectivity index (χ4n) is 1.16. The Bertz CT molecular complexity index is 171. The minimum atomic E-state index is 0.948. The van der Waals surface area contributed by atoms with E-state index >= 15 is 0 Å². The molecule has 2 aliphatic rings. The SMILES string of the molecule is C1=NN2CCC=C2CN1. The molecule has 0 atom stereocenters. The molecule has 48 valence electrons. The molecule has 2 heterocycles. The molecular weight excluding hydrogens is 114 g/mol. The van der Waals surface area contributed by atoms with Crippen LogP contribution in [-0.4, -0.2) is 24.4 Å². The van der Waals surface area contributed by atoms with Gasteiger partial charge >= 0.3 is 0 Å². The Morgan fingerprint density at radius 2 is 2.67 bits per heavy atom. The molecule has 0 aliphatic carbocycles. The van der Waals surface area contributed by atoms with Gasteiger partial charge in [-0.2, -0.15) is 5.10 Å². The van der Waals surface area contributed by atoms with Crippen LogP contribution < -0.4 is 5.32 Å². The number of nitrogens with one attached hydrogen (secondary N) is 1. The monoisotopic (exact) mass is 123 g/mol. The van der Waals surface area contributed by atoms with Gasteiger partial charge in [0.1, 0.15) is 6.34 Å². The van der Waals surface area contributed by atoms with Gasteiger partial charge in [-0.05, 0) is 6.42 Å².